The van der Waals surface area contributed by atoms with Crippen LogP contribution in [0.4, 0.5) is 0 Å². The van der Waals surface area contributed by atoms with Crippen molar-refractivity contribution < 1.29 is 0 Å². The monoisotopic (exact) mass is 153 g/mol. The number of nitrogens with zero attached hydrogens (tertiary/aromatic N) is 1. The molecule has 0 saturated carbocycles. The SMILES string of the molecule is [CH]c1cc2ccncc2cc1[CH]. The van der Waals surface area contributed by atoms with Gasteiger partial charge in [0.05, 0.1) is 0 Å². The van der Waals surface area contributed by atoms with Crippen LogP contribution in [-0.4, -0.2) is 4.98 Å². The van der Waals surface area contributed by atoms with Crippen molar-refractivity contribution in [1.82, 2.24) is 4.98 Å². The quantitative estimate of drug-likeness (QED) is 0.566. The van der Waals surface area contributed by atoms with Crippen molar-refractivity contribution in [3.8, 4) is 0 Å². The molecule has 1 nitrogen and oxygen atoms in total. The summed E-state index contributed by atoms with van der Waals surface area (Å²) in [7, 11) is 0. The van der Waals surface area contributed by atoms with Crippen LogP contribution in [0.1, 0.15) is 11.1 Å². The minimum Gasteiger partial charge on any atom is -0.264 e. The standard InChI is InChI=1S/C11H7N/c1-8-5-10-3-4-12-7-11(10)6-9(8)2/h1-7H. The molecule has 0 spiro atoms. The second kappa shape index (κ2) is 2.59. The summed E-state index contributed by atoms with van der Waals surface area (Å²) in [6.45, 7) is 11.3. The van der Waals surface area contributed by atoms with E-state index in [0.717, 1.165) is 10.8 Å². The Balaban J connectivity index is 2.84. The fourth-order valence-electron chi connectivity index (χ4n) is 1.17. The Hall–Kier alpha value is -1.37. The Bertz CT molecular complexity index is 378. The fourth-order valence-corrected chi connectivity index (χ4v) is 1.17. The molecule has 1 heteroatoms. The molecule has 0 aliphatic carbocycles. The minimum atomic E-state index is 0.607. The molecule has 0 fully saturated rings. The summed E-state index contributed by atoms with van der Waals surface area (Å²) >= 11 is 0. The summed E-state index contributed by atoms with van der Waals surface area (Å²) in [5, 5.41) is 2.08. The average Bonchev–Trinajstić information content (AvgIpc) is 2.07. The molecule has 12 heavy (non-hydrogen) atoms. The smallest absolute Gasteiger partial charge is 0.0346 e. The highest BCUT2D eigenvalue weighted by Crippen LogP contribution is 2.17. The van der Waals surface area contributed by atoms with Crippen molar-refractivity contribution in [2.24, 2.45) is 0 Å². The maximum absolute atomic E-state index is 5.64. The summed E-state index contributed by atoms with van der Waals surface area (Å²) in [5.41, 5.74) is 1.23. The molecule has 2 rings (SSSR count). The first-order chi connectivity index (χ1) is 5.77. The summed E-state index contributed by atoms with van der Waals surface area (Å²) in [4.78, 5) is 3.99. The largest absolute Gasteiger partial charge is 0.264 e. The van der Waals surface area contributed by atoms with Gasteiger partial charge in [-0.1, -0.05) is 6.07 Å². The predicted molar refractivity (Wildman–Crippen MR) is 48.5 cm³/mol. The van der Waals surface area contributed by atoms with E-state index in [1.807, 2.05) is 18.2 Å². The second-order valence-electron chi connectivity index (χ2n) is 2.70. The van der Waals surface area contributed by atoms with Gasteiger partial charge in [-0.2, -0.15) is 0 Å². The van der Waals surface area contributed by atoms with Gasteiger partial charge in [-0.25, -0.2) is 0 Å². The molecular weight excluding hydrogens is 146 g/mol. The van der Waals surface area contributed by atoms with Crippen molar-refractivity contribution in [2.75, 3.05) is 0 Å². The maximum atomic E-state index is 5.64. The third-order valence-corrected chi connectivity index (χ3v) is 1.84. The molecule has 0 aliphatic rings. The van der Waals surface area contributed by atoms with Gasteiger partial charge in [0.2, 0.25) is 0 Å². The van der Waals surface area contributed by atoms with Crippen molar-refractivity contribution in [1.29, 1.82) is 0 Å². The van der Waals surface area contributed by atoms with E-state index in [2.05, 4.69) is 4.98 Å². The zero-order valence-electron chi connectivity index (χ0n) is 6.49. The van der Waals surface area contributed by atoms with E-state index >= 15 is 0 Å². The van der Waals surface area contributed by atoms with Crippen molar-refractivity contribution >= 4 is 10.8 Å². The Morgan fingerprint density at radius 1 is 1.00 bits per heavy atom. The van der Waals surface area contributed by atoms with Crippen molar-refractivity contribution in [2.45, 2.75) is 0 Å². The van der Waals surface area contributed by atoms with Gasteiger partial charge in [0.1, 0.15) is 0 Å². The van der Waals surface area contributed by atoms with Crippen LogP contribution in [0.15, 0.2) is 30.6 Å². The Morgan fingerprint density at radius 2 is 1.67 bits per heavy atom. The molecule has 0 N–H and O–H groups in total. The highest BCUT2D eigenvalue weighted by molar-refractivity contribution is 5.83. The van der Waals surface area contributed by atoms with Crippen LogP contribution < -0.4 is 0 Å². The average molecular weight is 153 g/mol. The third kappa shape index (κ3) is 1.07. The first-order valence-corrected chi connectivity index (χ1v) is 3.66. The first kappa shape index (κ1) is 7.29. The molecule has 56 valence electrons. The van der Waals surface area contributed by atoms with Crippen LogP contribution in [0.3, 0.4) is 0 Å². The maximum Gasteiger partial charge on any atom is 0.0346 e. The molecule has 0 unspecified atom stereocenters. The van der Waals surface area contributed by atoms with Gasteiger partial charge in [0.25, 0.3) is 0 Å². The normalized spacial score (nSPS) is 10.5. The van der Waals surface area contributed by atoms with Crippen LogP contribution in [-0.2, 0) is 0 Å². The number of pyridine rings is 1. The van der Waals surface area contributed by atoms with Gasteiger partial charge in [-0.05, 0) is 42.5 Å². The zero-order valence-corrected chi connectivity index (χ0v) is 6.49. The highest BCUT2D eigenvalue weighted by Gasteiger charge is 1.96. The lowest BCUT2D eigenvalue weighted by atomic mass is 10.1. The first-order valence-electron chi connectivity index (χ1n) is 3.66. The molecule has 1 heterocycles. The van der Waals surface area contributed by atoms with Gasteiger partial charge < -0.3 is 0 Å². The lowest BCUT2D eigenvalue weighted by Crippen LogP contribution is -1.82. The van der Waals surface area contributed by atoms with Crippen LogP contribution in [0.25, 0.3) is 10.8 Å². The van der Waals surface area contributed by atoms with Gasteiger partial charge in [-0.3, -0.25) is 4.98 Å². The molecule has 1 aromatic heterocycles. The molecule has 0 saturated heterocycles. The molecule has 4 radical (unpaired) electrons. The molecule has 0 amide bonds. The minimum absolute atomic E-state index is 0.607. The summed E-state index contributed by atoms with van der Waals surface area (Å²) in [6, 6.07) is 5.59. The van der Waals surface area contributed by atoms with Crippen molar-refractivity contribution in [3.63, 3.8) is 0 Å². The number of benzene rings is 1. The number of fused-ring (bicyclic) bond motifs is 1. The molecule has 0 aliphatic heterocycles. The molecule has 0 atom stereocenters. The van der Waals surface area contributed by atoms with Crippen molar-refractivity contribution in [3.05, 3.63) is 55.6 Å². The van der Waals surface area contributed by atoms with Gasteiger partial charge in [-0.15, -0.1) is 0 Å². The number of hydrogen-bond acceptors (Lipinski definition) is 1. The summed E-state index contributed by atoms with van der Waals surface area (Å²) in [6.07, 6.45) is 3.50. The van der Waals surface area contributed by atoms with Crippen LogP contribution >= 0.6 is 0 Å². The molecule has 1 aromatic carbocycles. The molecule has 2 aromatic rings. The summed E-state index contributed by atoms with van der Waals surface area (Å²) in [5.74, 6) is 0. The molecular formula is C11H7N. The van der Waals surface area contributed by atoms with E-state index in [1.165, 1.54) is 0 Å². The third-order valence-electron chi connectivity index (χ3n) is 1.84. The van der Waals surface area contributed by atoms with E-state index in [4.69, 9.17) is 13.8 Å². The Labute approximate surface area is 72.1 Å². The van der Waals surface area contributed by atoms with Gasteiger partial charge >= 0.3 is 0 Å². The number of aromatic nitrogens is 1. The van der Waals surface area contributed by atoms with E-state index < -0.39 is 0 Å². The van der Waals surface area contributed by atoms with E-state index in [9.17, 15) is 0 Å². The number of rotatable bonds is 0. The van der Waals surface area contributed by atoms with Crippen LogP contribution in [0, 0.1) is 13.8 Å². The lowest BCUT2D eigenvalue weighted by Gasteiger charge is -2.01. The Kier molecular flexibility index (Phi) is 1.58. The molecule has 0 bridgehead atoms. The van der Waals surface area contributed by atoms with Crippen LogP contribution in [0.2, 0.25) is 0 Å². The predicted octanol–water partition coefficient (Wildman–Crippen LogP) is 2.35. The van der Waals surface area contributed by atoms with E-state index in [0.29, 0.717) is 11.1 Å². The Morgan fingerprint density at radius 3 is 2.42 bits per heavy atom. The lowest BCUT2D eigenvalue weighted by molar-refractivity contribution is 1.36. The van der Waals surface area contributed by atoms with Gasteiger partial charge in [0, 0.05) is 17.8 Å². The van der Waals surface area contributed by atoms with E-state index in [-0.39, 0.29) is 0 Å². The topological polar surface area (TPSA) is 12.9 Å². The van der Waals surface area contributed by atoms with E-state index in [1.54, 1.807) is 12.4 Å². The number of hydrogen-bond donors (Lipinski definition) is 0. The summed E-state index contributed by atoms with van der Waals surface area (Å²) < 4.78 is 0. The van der Waals surface area contributed by atoms with Gasteiger partial charge in [0.15, 0.2) is 0 Å². The van der Waals surface area contributed by atoms with Crippen LogP contribution in [0.5, 0.6) is 0 Å². The highest BCUT2D eigenvalue weighted by atomic mass is 14.6. The second-order valence-corrected chi connectivity index (χ2v) is 2.70. The fraction of sp³-hybridized carbons (Fsp3) is 0. The zero-order chi connectivity index (χ0) is 8.55.